The van der Waals surface area contributed by atoms with Gasteiger partial charge in [-0.15, -0.1) is 0 Å². The molecule has 1 amide bonds. The second-order valence-electron chi connectivity index (χ2n) is 3.82. The molecule has 102 valence electrons. The number of H-pyrrole nitrogens is 1. The van der Waals surface area contributed by atoms with E-state index in [4.69, 9.17) is 5.73 Å². The van der Waals surface area contributed by atoms with Crippen molar-refractivity contribution in [1.82, 2.24) is 20.5 Å². The number of carbonyl (C=O) groups is 1. The monoisotopic (exact) mass is 273 g/mol. The van der Waals surface area contributed by atoms with Gasteiger partial charge in [-0.05, 0) is 18.2 Å². The van der Waals surface area contributed by atoms with Crippen LogP contribution >= 0.6 is 0 Å². The second kappa shape index (κ2) is 6.45. The van der Waals surface area contributed by atoms with Crippen LogP contribution in [-0.4, -0.2) is 27.6 Å². The minimum Gasteiger partial charge on any atom is -0.345 e. The summed E-state index contributed by atoms with van der Waals surface area (Å²) in [6.07, 6.45) is 1.33. The molecule has 0 unspecified atom stereocenters. The molecule has 7 heteroatoms. The van der Waals surface area contributed by atoms with Gasteiger partial charge < -0.3 is 11.1 Å². The summed E-state index contributed by atoms with van der Waals surface area (Å²) >= 11 is 0. The Balaban J connectivity index is 2.06. The molecule has 0 radical (unpaired) electrons. The molecule has 0 atom stereocenters. The molecular formula is C13H12FN5O. The summed E-state index contributed by atoms with van der Waals surface area (Å²) in [5.41, 5.74) is 5.65. The predicted molar refractivity (Wildman–Crippen MR) is 69.9 cm³/mol. The first-order valence-corrected chi connectivity index (χ1v) is 5.81. The van der Waals surface area contributed by atoms with E-state index in [0.29, 0.717) is 11.4 Å². The SMILES string of the molecule is NCC#Cc1ccc(C(=O)NCc2ncn[nH]2)c(F)c1. The summed E-state index contributed by atoms with van der Waals surface area (Å²) in [4.78, 5) is 15.7. The third kappa shape index (κ3) is 3.40. The zero-order chi connectivity index (χ0) is 14.4. The third-order valence-electron chi connectivity index (χ3n) is 2.43. The summed E-state index contributed by atoms with van der Waals surface area (Å²) in [7, 11) is 0. The molecule has 20 heavy (non-hydrogen) atoms. The molecule has 0 aliphatic carbocycles. The number of halogens is 1. The van der Waals surface area contributed by atoms with E-state index in [1.807, 2.05) is 0 Å². The van der Waals surface area contributed by atoms with Crippen LogP contribution in [0.1, 0.15) is 21.7 Å². The smallest absolute Gasteiger partial charge is 0.254 e. The Kier molecular flexibility index (Phi) is 4.42. The molecule has 0 saturated carbocycles. The lowest BCUT2D eigenvalue weighted by atomic mass is 10.1. The highest BCUT2D eigenvalue weighted by atomic mass is 19.1. The van der Waals surface area contributed by atoms with Crippen molar-refractivity contribution in [2.45, 2.75) is 6.54 Å². The number of amides is 1. The zero-order valence-electron chi connectivity index (χ0n) is 10.5. The highest BCUT2D eigenvalue weighted by Crippen LogP contribution is 2.10. The maximum absolute atomic E-state index is 13.8. The van der Waals surface area contributed by atoms with Crippen LogP contribution in [0.5, 0.6) is 0 Å². The second-order valence-corrected chi connectivity index (χ2v) is 3.82. The van der Waals surface area contributed by atoms with Gasteiger partial charge in [0.1, 0.15) is 18.0 Å². The molecule has 2 rings (SSSR count). The highest BCUT2D eigenvalue weighted by molar-refractivity contribution is 5.94. The van der Waals surface area contributed by atoms with E-state index in [9.17, 15) is 9.18 Å². The zero-order valence-corrected chi connectivity index (χ0v) is 10.5. The number of hydrogen-bond donors (Lipinski definition) is 3. The van der Waals surface area contributed by atoms with Gasteiger partial charge in [-0.1, -0.05) is 11.8 Å². The normalized spacial score (nSPS) is 9.70. The van der Waals surface area contributed by atoms with Crippen molar-refractivity contribution in [2.75, 3.05) is 6.54 Å². The Morgan fingerprint density at radius 3 is 3.00 bits per heavy atom. The van der Waals surface area contributed by atoms with Crippen molar-refractivity contribution in [2.24, 2.45) is 5.73 Å². The molecular weight excluding hydrogens is 261 g/mol. The Morgan fingerprint density at radius 2 is 2.35 bits per heavy atom. The molecule has 0 fully saturated rings. The van der Waals surface area contributed by atoms with E-state index >= 15 is 0 Å². The first kappa shape index (κ1) is 13.7. The molecule has 2 aromatic rings. The van der Waals surface area contributed by atoms with E-state index in [-0.39, 0.29) is 18.7 Å². The molecule has 0 bridgehead atoms. The number of aromatic nitrogens is 3. The Labute approximate surface area is 114 Å². The third-order valence-corrected chi connectivity index (χ3v) is 2.43. The molecule has 0 aliphatic heterocycles. The molecule has 1 aromatic heterocycles. The number of nitrogens with zero attached hydrogens (tertiary/aromatic N) is 2. The number of nitrogens with two attached hydrogens (primary N) is 1. The topological polar surface area (TPSA) is 96.7 Å². The van der Waals surface area contributed by atoms with Crippen LogP contribution in [0.2, 0.25) is 0 Å². The molecule has 4 N–H and O–H groups in total. The number of aromatic amines is 1. The first-order valence-electron chi connectivity index (χ1n) is 5.81. The van der Waals surface area contributed by atoms with Crippen molar-refractivity contribution in [1.29, 1.82) is 0 Å². The minimum atomic E-state index is -0.635. The number of hydrogen-bond acceptors (Lipinski definition) is 4. The molecule has 0 saturated heterocycles. The average Bonchev–Trinajstić information content (AvgIpc) is 2.96. The van der Waals surface area contributed by atoms with Crippen LogP contribution in [0, 0.1) is 17.7 Å². The Morgan fingerprint density at radius 1 is 1.50 bits per heavy atom. The van der Waals surface area contributed by atoms with Crippen molar-refractivity contribution in [3.63, 3.8) is 0 Å². The van der Waals surface area contributed by atoms with Gasteiger partial charge in [-0.2, -0.15) is 5.10 Å². The van der Waals surface area contributed by atoms with Crippen LogP contribution < -0.4 is 11.1 Å². The standard InChI is InChI=1S/C13H12FN5O/c14-11-6-9(2-1-5-15)3-4-10(11)13(20)16-7-12-17-8-18-19-12/h3-4,6,8H,5,7,15H2,(H,16,20)(H,17,18,19). The van der Waals surface area contributed by atoms with Gasteiger partial charge in [0.15, 0.2) is 0 Å². The van der Waals surface area contributed by atoms with E-state index in [1.165, 1.54) is 18.5 Å². The van der Waals surface area contributed by atoms with Crippen molar-refractivity contribution < 1.29 is 9.18 Å². The number of nitrogens with one attached hydrogen (secondary N) is 2. The van der Waals surface area contributed by atoms with E-state index in [1.54, 1.807) is 6.07 Å². The Hall–Kier alpha value is -2.72. The maximum atomic E-state index is 13.8. The molecule has 0 aliphatic rings. The fraction of sp³-hybridized carbons (Fsp3) is 0.154. The van der Waals surface area contributed by atoms with Crippen LogP contribution in [0.25, 0.3) is 0 Å². The van der Waals surface area contributed by atoms with Crippen LogP contribution in [0.4, 0.5) is 4.39 Å². The molecule has 1 heterocycles. The molecule has 6 nitrogen and oxygen atoms in total. The average molecular weight is 273 g/mol. The fourth-order valence-corrected chi connectivity index (χ4v) is 1.51. The lowest BCUT2D eigenvalue weighted by Crippen LogP contribution is -2.24. The summed E-state index contributed by atoms with van der Waals surface area (Å²) in [6, 6.07) is 4.15. The first-order chi connectivity index (χ1) is 9.70. The van der Waals surface area contributed by atoms with E-state index < -0.39 is 11.7 Å². The van der Waals surface area contributed by atoms with Gasteiger partial charge in [0.25, 0.3) is 5.91 Å². The van der Waals surface area contributed by atoms with Crippen molar-refractivity contribution in [3.05, 3.63) is 47.3 Å². The summed E-state index contributed by atoms with van der Waals surface area (Å²) in [5, 5.41) is 8.77. The molecule has 1 aromatic carbocycles. The van der Waals surface area contributed by atoms with Gasteiger partial charge >= 0.3 is 0 Å². The van der Waals surface area contributed by atoms with Gasteiger partial charge in [0.05, 0.1) is 18.7 Å². The van der Waals surface area contributed by atoms with Gasteiger partial charge in [0, 0.05) is 5.56 Å². The minimum absolute atomic E-state index is 0.0530. The number of rotatable bonds is 3. The van der Waals surface area contributed by atoms with E-state index in [0.717, 1.165) is 0 Å². The van der Waals surface area contributed by atoms with Gasteiger partial charge in [-0.3, -0.25) is 9.89 Å². The molecule has 0 spiro atoms. The number of benzene rings is 1. The quantitative estimate of drug-likeness (QED) is 0.695. The summed E-state index contributed by atoms with van der Waals surface area (Å²) in [5.74, 6) is 4.64. The van der Waals surface area contributed by atoms with Gasteiger partial charge in [0.2, 0.25) is 0 Å². The largest absolute Gasteiger partial charge is 0.345 e. The highest BCUT2D eigenvalue weighted by Gasteiger charge is 2.12. The fourth-order valence-electron chi connectivity index (χ4n) is 1.51. The van der Waals surface area contributed by atoms with Crippen LogP contribution in [0.3, 0.4) is 0 Å². The lowest BCUT2D eigenvalue weighted by molar-refractivity contribution is 0.0946. The lowest BCUT2D eigenvalue weighted by Gasteiger charge is -2.04. The Bertz CT molecular complexity index is 657. The summed E-state index contributed by atoms with van der Waals surface area (Å²) < 4.78 is 13.8. The van der Waals surface area contributed by atoms with Crippen LogP contribution in [-0.2, 0) is 6.54 Å². The summed E-state index contributed by atoms with van der Waals surface area (Å²) in [6.45, 7) is 0.341. The number of carbonyl (C=O) groups excluding carboxylic acids is 1. The van der Waals surface area contributed by atoms with E-state index in [2.05, 4.69) is 32.3 Å². The maximum Gasteiger partial charge on any atom is 0.254 e. The van der Waals surface area contributed by atoms with Crippen molar-refractivity contribution >= 4 is 5.91 Å². The predicted octanol–water partition coefficient (Wildman–Crippen LogP) is 0.184. The van der Waals surface area contributed by atoms with Crippen LogP contribution in [0.15, 0.2) is 24.5 Å². The van der Waals surface area contributed by atoms with Crippen molar-refractivity contribution in [3.8, 4) is 11.8 Å². The van der Waals surface area contributed by atoms with Gasteiger partial charge in [-0.25, -0.2) is 9.37 Å².